The summed E-state index contributed by atoms with van der Waals surface area (Å²) >= 11 is 6.81. The van der Waals surface area contributed by atoms with Crippen LogP contribution >= 0.6 is 11.6 Å². The van der Waals surface area contributed by atoms with Crippen molar-refractivity contribution in [1.82, 2.24) is 35.4 Å². The number of alkyl carbamates (subject to hydrolysis) is 1. The van der Waals surface area contributed by atoms with Crippen molar-refractivity contribution in [3.05, 3.63) is 142 Å². The topological polar surface area (TPSA) is 319 Å². The molecule has 5 aromatic rings. The molecule has 3 aliphatic heterocycles. The second-order valence-corrected chi connectivity index (χ2v) is 27.4. The molecule has 4 aliphatic rings. The number of aliphatic hydroxyl groups is 4. The van der Waals surface area contributed by atoms with Gasteiger partial charge < -0.3 is 87.3 Å². The predicted octanol–water partition coefficient (Wildman–Crippen LogP) is 6.37. The fourth-order valence-electron chi connectivity index (χ4n) is 13.2. The Hall–Kier alpha value is -8.52. The molecule has 0 radical (unpaired) electrons. The van der Waals surface area contributed by atoms with Crippen molar-refractivity contribution in [2.45, 2.75) is 121 Å². The van der Waals surface area contributed by atoms with Crippen molar-refractivity contribution in [2.75, 3.05) is 139 Å². The highest BCUT2D eigenvalue weighted by Crippen LogP contribution is 2.48. The van der Waals surface area contributed by atoms with Gasteiger partial charge >= 0.3 is 18.2 Å². The number of carbonyl (C=O) groups is 7. The number of esters is 1. The van der Waals surface area contributed by atoms with E-state index in [1.807, 2.05) is 68.6 Å². The summed E-state index contributed by atoms with van der Waals surface area (Å²) in [5.74, 6) is -2.62. The number of fused-ring (bicyclic) bond motifs is 9. The Morgan fingerprint density at radius 1 is 0.802 bits per heavy atom. The zero-order valence-electron chi connectivity index (χ0n) is 61.9. The van der Waals surface area contributed by atoms with Crippen molar-refractivity contribution >= 4 is 70.0 Å². The van der Waals surface area contributed by atoms with Gasteiger partial charge in [0, 0.05) is 78.2 Å². The first-order valence-corrected chi connectivity index (χ1v) is 36.2. The summed E-state index contributed by atoms with van der Waals surface area (Å²) in [6.07, 6.45) is -1.11. The molecule has 6 amide bonds. The lowest BCUT2D eigenvalue weighted by Gasteiger charge is -2.40. The number of hydrogen-bond donors (Lipinski definition) is 5. The number of benzene rings is 4. The smallest absolute Gasteiger partial charge is 0.424 e. The van der Waals surface area contributed by atoms with Crippen LogP contribution in [0.3, 0.4) is 0 Å². The molecule has 1 aromatic heterocycles. The molecule has 28 nitrogen and oxygen atoms in total. The summed E-state index contributed by atoms with van der Waals surface area (Å²) in [6.45, 7) is 11.2. The van der Waals surface area contributed by atoms with Crippen LogP contribution in [0, 0.1) is 5.92 Å². The molecule has 2 fully saturated rings. The van der Waals surface area contributed by atoms with Crippen LogP contribution in [-0.4, -0.2) is 252 Å². The van der Waals surface area contributed by atoms with Gasteiger partial charge in [0.2, 0.25) is 29.7 Å². The predicted molar refractivity (Wildman–Crippen MR) is 394 cm³/mol. The first-order chi connectivity index (χ1) is 50.9. The quantitative estimate of drug-likeness (QED) is 0.00735. The van der Waals surface area contributed by atoms with E-state index in [-0.39, 0.29) is 94.6 Å². The number of epoxide rings is 1. The molecule has 9 rings (SSSR count). The Balaban J connectivity index is 0.582. The number of amides is 6. The number of hydrazine groups is 1. The molecule has 4 bridgehead atoms. The van der Waals surface area contributed by atoms with Gasteiger partial charge in [-0.15, -0.1) is 0 Å². The fraction of sp³-hybridized carbons (Fsp3) is 0.519. The Morgan fingerprint density at radius 2 is 1.41 bits per heavy atom. The molecule has 29 heteroatoms. The lowest BCUT2D eigenvalue weighted by molar-refractivity contribution is -0.163. The van der Waals surface area contributed by atoms with Gasteiger partial charge in [-0.3, -0.25) is 24.5 Å². The zero-order valence-corrected chi connectivity index (χ0v) is 62.6. The number of likely N-dealkylation sites (N-methyl/N-ethyl adjacent to an activating group) is 1. The normalized spacial score (nSPS) is 21.8. The Morgan fingerprint density at radius 3 is 2.05 bits per heavy atom. The number of aliphatic hydroxyl groups excluding tert-OH is 1. The number of anilines is 1. The number of halogens is 1. The minimum absolute atomic E-state index is 0.0486. The van der Waals surface area contributed by atoms with E-state index >= 15 is 0 Å². The van der Waals surface area contributed by atoms with Gasteiger partial charge in [-0.25, -0.2) is 24.4 Å². The highest BCUT2D eigenvalue weighted by Gasteiger charge is 2.72. The summed E-state index contributed by atoms with van der Waals surface area (Å²) < 4.78 is 63.7. The highest BCUT2D eigenvalue weighted by atomic mass is 35.5. The van der Waals surface area contributed by atoms with Crippen LogP contribution in [0.25, 0.3) is 22.0 Å². The maximum absolute atomic E-state index is 14.3. The number of aromatic nitrogens is 1. The van der Waals surface area contributed by atoms with Gasteiger partial charge in [0.05, 0.1) is 124 Å². The van der Waals surface area contributed by atoms with E-state index in [1.54, 1.807) is 57.2 Å². The third-order valence-electron chi connectivity index (χ3n) is 19.7. The van der Waals surface area contributed by atoms with Gasteiger partial charge in [0.25, 0.3) is 5.60 Å². The number of hydrogen-bond acceptors (Lipinski definition) is 20. The maximum Gasteiger partial charge on any atom is 0.424 e. The third-order valence-corrected chi connectivity index (χ3v) is 20.1. The minimum atomic E-state index is -2.09. The van der Waals surface area contributed by atoms with Crippen LogP contribution in [-0.2, 0) is 86.1 Å². The van der Waals surface area contributed by atoms with Crippen molar-refractivity contribution in [3.8, 4) is 16.9 Å². The SMILES string of the molecule is COc1cc2cc(c1Cl)N(C)C(=O)C[C@H](OC(=O)[C@H](C)N(C)C(=O)CCOCCOCCOCCOCCOCCOCCNC(=O)CNC(=O)CCn1c(CN(C)N(C)C(=O)OCC3c4ccccc4-c4ccccc43)cc3ccccc31)[C@]1(C)[OH+]C1[C@H](C)[C@@H]1C[C@@](O)(NC(=O)O1)[C@H](O)/C=C/C=C(\C)C2. The average molecular weight is 1500 g/mol. The van der Waals surface area contributed by atoms with E-state index in [4.69, 9.17) is 63.7 Å². The molecular formula is C77H102ClN8O20+. The molecule has 106 heavy (non-hydrogen) atoms. The van der Waals surface area contributed by atoms with Crippen LogP contribution in [0.5, 0.6) is 5.75 Å². The Labute approximate surface area is 623 Å². The zero-order chi connectivity index (χ0) is 76.1. The summed E-state index contributed by atoms with van der Waals surface area (Å²) in [6, 6.07) is 28.8. The summed E-state index contributed by atoms with van der Waals surface area (Å²) in [5.41, 5.74) is 5.08. The van der Waals surface area contributed by atoms with Crippen LogP contribution in [0.1, 0.15) is 81.7 Å². The largest absolute Gasteiger partial charge is 0.495 e. The second kappa shape index (κ2) is 38.8. The second-order valence-electron chi connectivity index (χ2n) is 27.1. The number of ether oxygens (including phenoxy) is 11. The molecule has 0 spiro atoms. The maximum atomic E-state index is 14.3. The number of allylic oxidation sites excluding steroid dienone is 3. The monoisotopic (exact) mass is 1490 g/mol. The number of para-hydroxylation sites is 1. The first kappa shape index (κ1) is 81.6. The highest BCUT2D eigenvalue weighted by molar-refractivity contribution is 6.35. The Bertz CT molecular complexity index is 3860. The lowest BCUT2D eigenvalue weighted by atomic mass is 9.83. The molecule has 0 saturated carbocycles. The van der Waals surface area contributed by atoms with Gasteiger partial charge in [-0.2, -0.15) is 0 Å². The van der Waals surface area contributed by atoms with E-state index in [9.17, 15) is 43.8 Å². The van der Waals surface area contributed by atoms with Crippen molar-refractivity contribution in [2.24, 2.45) is 5.92 Å². The molecule has 6 N–H and O–H groups in total. The van der Waals surface area contributed by atoms with Crippen LogP contribution < -0.4 is 25.6 Å². The summed E-state index contributed by atoms with van der Waals surface area (Å²) in [7, 11) is 7.97. The van der Waals surface area contributed by atoms with E-state index < -0.39 is 77.7 Å². The molecular weight excluding hydrogens is 1390 g/mol. The lowest BCUT2D eigenvalue weighted by Crippen LogP contribution is -2.63. The van der Waals surface area contributed by atoms with Crippen molar-refractivity contribution < 1.29 is 95.9 Å². The first-order valence-electron chi connectivity index (χ1n) is 35.8. The molecule has 4 heterocycles. The molecule has 8 atom stereocenters. The standard InChI is InChI=1S/C77H101ClN8O20/c1-50-17-16-24-65(87)77(95)46-64(104-74(93)81-77)51(2)72-76(4,106-72)66(45-70(91)84(7)62-42-53(41-50)43-63(96-9)71(62)78)105-73(92)52(3)83(6)69(90)26-29-97-31-33-99-35-37-101-39-40-102-38-36-100-34-32-98-30-27-79-68(89)47-80-67(88)25-28-86-55(44-54-18-10-15-23-61(54)86)48-82(5)85(8)75(94)103-49-60-58-21-13-11-19-56(58)57-20-12-14-22-59(57)60/h10-24,42-44,51-52,60,64-66,72,87,95H,25-41,45-49H2,1-9H3,(H,79,89)(H,80,88)(H,81,93)/p+1/b24-16+,50-17+/t51-,52+,64+,65-,66+,72?,76+,77+/m1/s1. The van der Waals surface area contributed by atoms with Gasteiger partial charge in [-0.1, -0.05) is 109 Å². The molecule has 1 aliphatic carbocycles. The number of rotatable bonds is 35. The average Bonchev–Trinajstić information content (AvgIpc) is 1.57. The molecule has 576 valence electrons. The van der Waals surface area contributed by atoms with Gasteiger partial charge in [0.15, 0.2) is 11.8 Å². The number of nitrogens with one attached hydrogen (secondary N) is 3. The van der Waals surface area contributed by atoms with Crippen LogP contribution in [0.2, 0.25) is 5.02 Å². The number of methoxy groups -OCH3 is 1. The van der Waals surface area contributed by atoms with Gasteiger partial charge in [0.1, 0.15) is 35.6 Å². The van der Waals surface area contributed by atoms with E-state index in [1.165, 1.54) is 42.0 Å². The molecule has 4 aromatic carbocycles. The van der Waals surface area contributed by atoms with E-state index in [0.29, 0.717) is 83.8 Å². The fourth-order valence-corrected chi connectivity index (χ4v) is 13.5. The van der Waals surface area contributed by atoms with Crippen molar-refractivity contribution in [1.29, 1.82) is 0 Å². The minimum Gasteiger partial charge on any atom is -0.495 e. The third kappa shape index (κ3) is 21.6. The van der Waals surface area contributed by atoms with Crippen LogP contribution in [0.4, 0.5) is 15.3 Å². The Kier molecular flexibility index (Phi) is 29.9. The summed E-state index contributed by atoms with van der Waals surface area (Å²) in [4.78, 5) is 96.3. The van der Waals surface area contributed by atoms with Crippen LogP contribution in [0.15, 0.2) is 115 Å². The van der Waals surface area contributed by atoms with E-state index in [0.717, 1.165) is 50.0 Å². The molecule has 1 unspecified atom stereocenters. The molecule has 2 saturated heterocycles. The summed E-state index contributed by atoms with van der Waals surface area (Å²) in [5, 5.41) is 35.0. The number of carbonyl (C=O) groups excluding carboxylic acids is 7. The number of nitrogens with zero attached hydrogens (tertiary/aromatic N) is 5. The van der Waals surface area contributed by atoms with Gasteiger partial charge in [-0.05, 0) is 77.7 Å². The van der Waals surface area contributed by atoms with Crippen molar-refractivity contribution in [3.63, 3.8) is 0 Å². The van der Waals surface area contributed by atoms with E-state index in [2.05, 4.69) is 44.8 Å². The number of aryl methyl sites for hydroxylation is 1.